The van der Waals surface area contributed by atoms with Crippen LogP contribution in [-0.2, 0) is 4.79 Å². The van der Waals surface area contributed by atoms with Crippen molar-refractivity contribution >= 4 is 23.2 Å². The molecule has 27 heavy (non-hydrogen) atoms. The van der Waals surface area contributed by atoms with Crippen LogP contribution in [0.4, 0.5) is 11.4 Å². The number of benzene rings is 3. The molecular weight excluding hydrogens is 336 g/mol. The quantitative estimate of drug-likeness (QED) is 0.679. The van der Waals surface area contributed by atoms with Crippen LogP contribution in [0, 0.1) is 5.92 Å². The average molecular weight is 356 g/mol. The molecule has 0 atom stereocenters. The number of amides is 2. The fraction of sp³-hybridized carbons (Fsp3) is 0.130. The van der Waals surface area contributed by atoms with Gasteiger partial charge < -0.3 is 10.6 Å². The standard InChI is InChI=1S/C23H20N2O2/c26-22(18-11-9-17(10-12-18)16-5-2-1-3-6-16)24-20-7-4-8-21(15-20)25-23(27)19-13-14-19/h1-12,15,19H,13-14H2,(H,24,26)(H,25,27). The van der Waals surface area contributed by atoms with Crippen LogP contribution in [0.3, 0.4) is 0 Å². The van der Waals surface area contributed by atoms with Crippen molar-refractivity contribution in [1.82, 2.24) is 0 Å². The highest BCUT2D eigenvalue weighted by atomic mass is 16.2. The van der Waals surface area contributed by atoms with Crippen molar-refractivity contribution < 1.29 is 9.59 Å². The minimum Gasteiger partial charge on any atom is -0.326 e. The summed E-state index contributed by atoms with van der Waals surface area (Å²) in [4.78, 5) is 24.4. The molecule has 3 aromatic rings. The van der Waals surface area contributed by atoms with E-state index in [9.17, 15) is 9.59 Å². The number of carbonyl (C=O) groups is 2. The Morgan fingerprint density at radius 3 is 2.00 bits per heavy atom. The van der Waals surface area contributed by atoms with Crippen LogP contribution in [0.15, 0.2) is 78.9 Å². The minimum absolute atomic E-state index is 0.0509. The zero-order valence-corrected chi connectivity index (χ0v) is 14.8. The summed E-state index contributed by atoms with van der Waals surface area (Å²) in [5, 5.41) is 5.78. The van der Waals surface area contributed by atoms with Gasteiger partial charge in [0.05, 0.1) is 0 Å². The van der Waals surface area contributed by atoms with E-state index in [1.807, 2.05) is 72.8 Å². The van der Waals surface area contributed by atoms with E-state index < -0.39 is 0 Å². The van der Waals surface area contributed by atoms with Crippen molar-refractivity contribution in [1.29, 1.82) is 0 Å². The molecule has 0 bridgehead atoms. The maximum Gasteiger partial charge on any atom is 0.255 e. The number of hydrogen-bond acceptors (Lipinski definition) is 2. The molecule has 1 fully saturated rings. The number of nitrogens with one attached hydrogen (secondary N) is 2. The van der Waals surface area contributed by atoms with E-state index in [-0.39, 0.29) is 17.7 Å². The first-order chi connectivity index (χ1) is 13.2. The first-order valence-electron chi connectivity index (χ1n) is 9.07. The van der Waals surface area contributed by atoms with Crippen LogP contribution >= 0.6 is 0 Å². The van der Waals surface area contributed by atoms with Gasteiger partial charge in [-0.25, -0.2) is 0 Å². The summed E-state index contributed by atoms with van der Waals surface area (Å²) in [5.74, 6) is 0.0154. The molecule has 0 aliphatic heterocycles. The Morgan fingerprint density at radius 1 is 0.704 bits per heavy atom. The van der Waals surface area contributed by atoms with Crippen molar-refractivity contribution in [3.8, 4) is 11.1 Å². The van der Waals surface area contributed by atoms with Gasteiger partial charge in [0, 0.05) is 22.9 Å². The minimum atomic E-state index is -0.180. The largest absolute Gasteiger partial charge is 0.326 e. The summed E-state index contributed by atoms with van der Waals surface area (Å²) < 4.78 is 0. The van der Waals surface area contributed by atoms with Crippen molar-refractivity contribution in [3.63, 3.8) is 0 Å². The molecule has 4 nitrogen and oxygen atoms in total. The van der Waals surface area contributed by atoms with Crippen LogP contribution in [0.25, 0.3) is 11.1 Å². The molecule has 4 heteroatoms. The Morgan fingerprint density at radius 2 is 1.33 bits per heavy atom. The monoisotopic (exact) mass is 356 g/mol. The molecule has 0 aromatic heterocycles. The molecule has 0 spiro atoms. The van der Waals surface area contributed by atoms with Crippen LogP contribution in [0.1, 0.15) is 23.2 Å². The van der Waals surface area contributed by atoms with Crippen LogP contribution < -0.4 is 10.6 Å². The maximum absolute atomic E-state index is 12.5. The average Bonchev–Trinajstić information content (AvgIpc) is 3.54. The molecule has 4 rings (SSSR count). The molecule has 2 N–H and O–H groups in total. The van der Waals surface area contributed by atoms with Gasteiger partial charge in [0.2, 0.25) is 5.91 Å². The van der Waals surface area contributed by atoms with Crippen molar-refractivity contribution in [3.05, 3.63) is 84.4 Å². The van der Waals surface area contributed by atoms with Gasteiger partial charge in [-0.2, -0.15) is 0 Å². The van der Waals surface area contributed by atoms with Gasteiger partial charge in [0.1, 0.15) is 0 Å². The fourth-order valence-electron chi connectivity index (χ4n) is 2.91. The second-order valence-corrected chi connectivity index (χ2v) is 6.74. The lowest BCUT2D eigenvalue weighted by molar-refractivity contribution is -0.117. The van der Waals surface area contributed by atoms with E-state index in [1.165, 1.54) is 0 Å². The number of carbonyl (C=O) groups excluding carboxylic acids is 2. The molecule has 3 aromatic carbocycles. The second kappa shape index (κ2) is 7.46. The van der Waals surface area contributed by atoms with Gasteiger partial charge in [-0.3, -0.25) is 9.59 Å². The zero-order chi connectivity index (χ0) is 18.6. The Hall–Kier alpha value is -3.40. The normalized spacial score (nSPS) is 13.0. The third-order valence-corrected chi connectivity index (χ3v) is 4.59. The molecule has 0 saturated heterocycles. The van der Waals surface area contributed by atoms with E-state index in [0.29, 0.717) is 16.9 Å². The number of rotatable bonds is 5. The highest BCUT2D eigenvalue weighted by molar-refractivity contribution is 6.05. The molecule has 1 aliphatic rings. The van der Waals surface area contributed by atoms with Gasteiger partial charge >= 0.3 is 0 Å². The molecule has 1 aliphatic carbocycles. The number of hydrogen-bond donors (Lipinski definition) is 2. The Labute approximate surface area is 158 Å². The van der Waals surface area contributed by atoms with Crippen LogP contribution in [0.5, 0.6) is 0 Å². The summed E-state index contributed by atoms with van der Waals surface area (Å²) in [6, 6.07) is 24.8. The van der Waals surface area contributed by atoms with Crippen molar-refractivity contribution in [2.75, 3.05) is 10.6 Å². The van der Waals surface area contributed by atoms with Gasteiger partial charge in [-0.15, -0.1) is 0 Å². The topological polar surface area (TPSA) is 58.2 Å². The number of anilines is 2. The smallest absolute Gasteiger partial charge is 0.255 e. The summed E-state index contributed by atoms with van der Waals surface area (Å²) >= 11 is 0. The molecule has 0 unspecified atom stereocenters. The highest BCUT2D eigenvalue weighted by Crippen LogP contribution is 2.30. The van der Waals surface area contributed by atoms with Gasteiger partial charge in [-0.1, -0.05) is 48.5 Å². The maximum atomic E-state index is 12.5. The molecular formula is C23H20N2O2. The molecule has 1 saturated carbocycles. The highest BCUT2D eigenvalue weighted by Gasteiger charge is 2.29. The van der Waals surface area contributed by atoms with E-state index in [2.05, 4.69) is 10.6 Å². The summed E-state index contributed by atoms with van der Waals surface area (Å²) in [6.07, 6.45) is 1.92. The molecule has 2 amide bonds. The van der Waals surface area contributed by atoms with Crippen LogP contribution in [0.2, 0.25) is 0 Å². The second-order valence-electron chi connectivity index (χ2n) is 6.74. The predicted octanol–water partition coefficient (Wildman–Crippen LogP) is 4.95. The first-order valence-corrected chi connectivity index (χ1v) is 9.07. The third-order valence-electron chi connectivity index (χ3n) is 4.59. The lowest BCUT2D eigenvalue weighted by atomic mass is 10.0. The third kappa shape index (κ3) is 4.23. The molecule has 0 heterocycles. The lowest BCUT2D eigenvalue weighted by Crippen LogP contribution is -2.14. The Bertz CT molecular complexity index is 961. The summed E-state index contributed by atoms with van der Waals surface area (Å²) in [5.41, 5.74) is 4.12. The van der Waals surface area contributed by atoms with Crippen LogP contribution in [-0.4, -0.2) is 11.8 Å². The Kier molecular flexibility index (Phi) is 4.71. The van der Waals surface area contributed by atoms with Gasteiger partial charge in [0.15, 0.2) is 0 Å². The summed E-state index contributed by atoms with van der Waals surface area (Å²) in [7, 11) is 0. The van der Waals surface area contributed by atoms with Crippen molar-refractivity contribution in [2.24, 2.45) is 5.92 Å². The Balaban J connectivity index is 1.43. The van der Waals surface area contributed by atoms with E-state index in [1.54, 1.807) is 6.07 Å². The van der Waals surface area contributed by atoms with Crippen molar-refractivity contribution in [2.45, 2.75) is 12.8 Å². The predicted molar refractivity (Wildman–Crippen MR) is 108 cm³/mol. The first kappa shape index (κ1) is 17.0. The molecule has 134 valence electrons. The zero-order valence-electron chi connectivity index (χ0n) is 14.8. The lowest BCUT2D eigenvalue weighted by Gasteiger charge is -2.09. The van der Waals surface area contributed by atoms with Gasteiger partial charge in [0.25, 0.3) is 5.91 Å². The van der Waals surface area contributed by atoms with E-state index in [0.717, 1.165) is 24.0 Å². The summed E-state index contributed by atoms with van der Waals surface area (Å²) in [6.45, 7) is 0. The van der Waals surface area contributed by atoms with Gasteiger partial charge in [-0.05, 0) is 54.3 Å². The molecule has 0 radical (unpaired) electrons. The fourth-order valence-corrected chi connectivity index (χ4v) is 2.91. The van der Waals surface area contributed by atoms with E-state index in [4.69, 9.17) is 0 Å². The van der Waals surface area contributed by atoms with E-state index >= 15 is 0 Å². The SMILES string of the molecule is O=C(Nc1cccc(NC(=O)C2CC2)c1)c1ccc(-c2ccccc2)cc1.